The second-order valence-electron chi connectivity index (χ2n) is 6.46. The summed E-state index contributed by atoms with van der Waals surface area (Å²) < 4.78 is 34.5. The van der Waals surface area contributed by atoms with Gasteiger partial charge in [0.05, 0.1) is 28.5 Å². The predicted octanol–water partition coefficient (Wildman–Crippen LogP) is 1.83. The molecule has 0 atom stereocenters. The fraction of sp³-hybridized carbons (Fsp3) is 0.412. The van der Waals surface area contributed by atoms with Crippen LogP contribution in [-0.4, -0.2) is 48.3 Å². The third-order valence-corrected chi connectivity index (χ3v) is 6.23. The number of aromatic nitrogens is 2. The smallest absolute Gasteiger partial charge is 0.176 e. The Morgan fingerprint density at radius 2 is 1.96 bits per heavy atom. The van der Waals surface area contributed by atoms with Crippen LogP contribution in [0.3, 0.4) is 0 Å². The van der Waals surface area contributed by atoms with Gasteiger partial charge in [-0.05, 0) is 26.0 Å². The van der Waals surface area contributed by atoms with Crippen LogP contribution in [0.5, 0.6) is 0 Å². The topological polar surface area (TPSA) is 110 Å². The summed E-state index contributed by atoms with van der Waals surface area (Å²) in [5.41, 5.74) is 2.77. The van der Waals surface area contributed by atoms with Crippen molar-refractivity contribution in [3.8, 4) is 11.3 Å². The molecule has 0 saturated carbocycles. The van der Waals surface area contributed by atoms with Crippen molar-refractivity contribution in [3.05, 3.63) is 29.3 Å². The molecule has 0 bridgehead atoms. The fourth-order valence-electron chi connectivity index (χ4n) is 3.28. The van der Waals surface area contributed by atoms with Gasteiger partial charge in [-0.25, -0.2) is 13.4 Å². The second kappa shape index (κ2) is 6.10. The van der Waals surface area contributed by atoms with Gasteiger partial charge in [-0.2, -0.15) is 0 Å². The van der Waals surface area contributed by atoms with Gasteiger partial charge in [-0.15, -0.1) is 0 Å². The lowest BCUT2D eigenvalue weighted by molar-refractivity contribution is 0.251. The van der Waals surface area contributed by atoms with Crippen LogP contribution in [0.1, 0.15) is 17.2 Å². The number of fused-ring (bicyclic) bond motifs is 1. The van der Waals surface area contributed by atoms with Crippen molar-refractivity contribution in [2.24, 2.45) is 0 Å². The Labute approximate surface area is 150 Å². The number of nitrogens with zero attached hydrogens (tertiary/aromatic N) is 3. The lowest BCUT2D eigenvalue weighted by atomic mass is 10.1. The highest BCUT2D eigenvalue weighted by Crippen LogP contribution is 2.35. The maximum Gasteiger partial charge on any atom is 0.176 e. The summed E-state index contributed by atoms with van der Waals surface area (Å²) in [6.45, 7) is 4.15. The summed E-state index contributed by atoms with van der Waals surface area (Å²) in [5.74, 6) is 1.83. The average Bonchev–Trinajstić information content (AvgIpc) is 3.17. The van der Waals surface area contributed by atoms with Crippen molar-refractivity contribution < 1.29 is 22.5 Å². The summed E-state index contributed by atoms with van der Waals surface area (Å²) in [6, 6.07) is 3.64. The molecule has 8 nitrogen and oxygen atoms in total. The molecule has 1 aliphatic heterocycles. The number of hydrogen-bond acceptors (Lipinski definition) is 8. The van der Waals surface area contributed by atoms with Crippen LogP contribution in [0, 0.1) is 13.8 Å². The standard InChI is InChI=1S/C17H19N3O5S/c1-10-15(11(2)25-19-10)14-8-12-7-13(9-21)24-16(12)17(18-14)20-3-5-26(22,23)6-4-20/h7-8,21H,3-6,9H2,1-2H3. The predicted molar refractivity (Wildman–Crippen MR) is 95.8 cm³/mol. The fourth-order valence-corrected chi connectivity index (χ4v) is 4.48. The van der Waals surface area contributed by atoms with Gasteiger partial charge in [0.15, 0.2) is 21.2 Å². The minimum Gasteiger partial charge on any atom is -0.455 e. The van der Waals surface area contributed by atoms with Gasteiger partial charge in [0.25, 0.3) is 0 Å². The van der Waals surface area contributed by atoms with Crippen molar-refractivity contribution in [2.75, 3.05) is 29.5 Å². The first kappa shape index (κ1) is 17.0. The van der Waals surface area contributed by atoms with Gasteiger partial charge < -0.3 is 18.9 Å². The number of furan rings is 1. The van der Waals surface area contributed by atoms with Gasteiger partial charge in [-0.1, -0.05) is 5.16 Å². The van der Waals surface area contributed by atoms with Crippen LogP contribution in [0.15, 0.2) is 21.1 Å². The number of pyridine rings is 1. The van der Waals surface area contributed by atoms with Gasteiger partial charge in [0, 0.05) is 18.5 Å². The Morgan fingerprint density at radius 3 is 2.58 bits per heavy atom. The zero-order valence-electron chi connectivity index (χ0n) is 14.5. The number of rotatable bonds is 3. The van der Waals surface area contributed by atoms with Gasteiger partial charge >= 0.3 is 0 Å². The number of aliphatic hydroxyl groups excluding tert-OH is 1. The molecule has 0 radical (unpaired) electrons. The van der Waals surface area contributed by atoms with Crippen LogP contribution >= 0.6 is 0 Å². The lowest BCUT2D eigenvalue weighted by Gasteiger charge is -2.28. The van der Waals surface area contributed by atoms with Crippen molar-refractivity contribution in [1.82, 2.24) is 10.1 Å². The van der Waals surface area contributed by atoms with E-state index in [-0.39, 0.29) is 18.1 Å². The normalized spacial score (nSPS) is 17.1. The van der Waals surface area contributed by atoms with Crippen molar-refractivity contribution in [2.45, 2.75) is 20.5 Å². The number of aryl methyl sites for hydroxylation is 2. The molecular weight excluding hydrogens is 358 g/mol. The molecule has 1 aliphatic rings. The Bertz CT molecular complexity index is 1050. The first-order valence-corrected chi connectivity index (χ1v) is 10.1. The molecule has 1 N–H and O–H groups in total. The van der Waals surface area contributed by atoms with E-state index in [2.05, 4.69) is 5.16 Å². The summed E-state index contributed by atoms with van der Waals surface area (Å²) in [5, 5.41) is 14.2. The first-order chi connectivity index (χ1) is 12.4. The maximum absolute atomic E-state index is 11.8. The maximum atomic E-state index is 11.8. The van der Waals surface area contributed by atoms with Gasteiger partial charge in [0.1, 0.15) is 18.1 Å². The molecule has 26 heavy (non-hydrogen) atoms. The van der Waals surface area contributed by atoms with Crippen LogP contribution in [-0.2, 0) is 16.4 Å². The Morgan fingerprint density at radius 1 is 1.23 bits per heavy atom. The van der Waals surface area contributed by atoms with Gasteiger partial charge in [-0.3, -0.25) is 0 Å². The number of aliphatic hydroxyl groups is 1. The van der Waals surface area contributed by atoms with Crippen molar-refractivity contribution in [3.63, 3.8) is 0 Å². The van der Waals surface area contributed by atoms with Crippen LogP contribution in [0.25, 0.3) is 22.2 Å². The monoisotopic (exact) mass is 377 g/mol. The molecule has 0 aromatic carbocycles. The number of sulfone groups is 1. The van der Waals surface area contributed by atoms with E-state index in [1.165, 1.54) is 0 Å². The molecule has 0 aliphatic carbocycles. The Kier molecular flexibility index (Phi) is 4.00. The zero-order valence-corrected chi connectivity index (χ0v) is 15.3. The van der Waals surface area contributed by atoms with Crippen molar-refractivity contribution in [1.29, 1.82) is 0 Å². The highest BCUT2D eigenvalue weighted by Gasteiger charge is 2.26. The SMILES string of the molecule is Cc1noc(C)c1-c1cc2cc(CO)oc2c(N2CCS(=O)(=O)CC2)n1. The van der Waals surface area contributed by atoms with E-state index in [1.54, 1.807) is 6.07 Å². The van der Waals surface area contributed by atoms with Gasteiger partial charge in [0.2, 0.25) is 0 Å². The molecule has 4 rings (SSSR count). The van der Waals surface area contributed by atoms with Crippen LogP contribution in [0.4, 0.5) is 5.82 Å². The van der Waals surface area contributed by atoms with E-state index in [1.807, 2.05) is 24.8 Å². The molecule has 1 fully saturated rings. The third kappa shape index (κ3) is 2.86. The molecule has 9 heteroatoms. The van der Waals surface area contributed by atoms with E-state index in [4.69, 9.17) is 13.9 Å². The van der Waals surface area contributed by atoms with Crippen LogP contribution < -0.4 is 4.90 Å². The molecule has 1 saturated heterocycles. The quantitative estimate of drug-likeness (QED) is 0.736. The largest absolute Gasteiger partial charge is 0.455 e. The molecule has 4 heterocycles. The van der Waals surface area contributed by atoms with E-state index in [0.29, 0.717) is 41.7 Å². The highest BCUT2D eigenvalue weighted by atomic mass is 32.2. The Balaban J connectivity index is 1.88. The summed E-state index contributed by atoms with van der Waals surface area (Å²) in [7, 11) is -3.01. The first-order valence-electron chi connectivity index (χ1n) is 8.31. The average molecular weight is 377 g/mol. The molecule has 3 aromatic rings. The van der Waals surface area contributed by atoms with E-state index >= 15 is 0 Å². The minimum absolute atomic E-state index is 0.0826. The molecule has 0 amide bonds. The summed E-state index contributed by atoms with van der Waals surface area (Å²) in [6.07, 6.45) is 0. The Hall–Kier alpha value is -2.39. The molecular formula is C17H19N3O5S. The molecule has 0 unspecified atom stereocenters. The van der Waals surface area contributed by atoms with E-state index < -0.39 is 9.84 Å². The van der Waals surface area contributed by atoms with E-state index in [9.17, 15) is 13.5 Å². The molecule has 3 aromatic heterocycles. The van der Waals surface area contributed by atoms with Crippen LogP contribution in [0.2, 0.25) is 0 Å². The second-order valence-corrected chi connectivity index (χ2v) is 8.76. The number of anilines is 1. The van der Waals surface area contributed by atoms with E-state index in [0.717, 1.165) is 16.6 Å². The lowest BCUT2D eigenvalue weighted by Crippen LogP contribution is -2.40. The molecule has 138 valence electrons. The highest BCUT2D eigenvalue weighted by molar-refractivity contribution is 7.91. The minimum atomic E-state index is -3.01. The van der Waals surface area contributed by atoms with Crippen molar-refractivity contribution >= 4 is 26.6 Å². The third-order valence-electron chi connectivity index (χ3n) is 4.62. The summed E-state index contributed by atoms with van der Waals surface area (Å²) in [4.78, 5) is 6.65. The number of hydrogen-bond donors (Lipinski definition) is 1. The molecule has 0 spiro atoms. The zero-order chi connectivity index (χ0) is 18.5. The summed E-state index contributed by atoms with van der Waals surface area (Å²) >= 11 is 0.